The summed E-state index contributed by atoms with van der Waals surface area (Å²) in [5.41, 5.74) is 1.47. The van der Waals surface area contributed by atoms with Gasteiger partial charge in [-0.3, -0.25) is 9.59 Å². The molecular formula is C16H20N4O3. The Hall–Kier alpha value is -2.41. The molecule has 2 aromatic rings. The summed E-state index contributed by atoms with van der Waals surface area (Å²) in [6.07, 6.45) is 6.34. The molecule has 7 heteroatoms. The maximum atomic E-state index is 12.4. The first-order chi connectivity index (χ1) is 11.1. The van der Waals surface area contributed by atoms with Crippen LogP contribution in [0.4, 0.5) is 0 Å². The van der Waals surface area contributed by atoms with E-state index in [1.165, 1.54) is 0 Å². The Morgan fingerprint density at radius 2 is 2.35 bits per heavy atom. The third-order valence-corrected chi connectivity index (χ3v) is 4.20. The first-order valence-electron chi connectivity index (χ1n) is 7.63. The van der Waals surface area contributed by atoms with Crippen LogP contribution in [-0.2, 0) is 11.8 Å². The van der Waals surface area contributed by atoms with Crippen molar-refractivity contribution in [1.29, 1.82) is 0 Å². The lowest BCUT2D eigenvalue weighted by atomic mass is 10.0. The lowest BCUT2D eigenvalue weighted by Crippen LogP contribution is -2.42. The quantitative estimate of drug-likeness (QED) is 0.886. The topological polar surface area (TPSA) is 89.0 Å². The van der Waals surface area contributed by atoms with Crippen LogP contribution < -0.4 is 10.9 Å². The highest BCUT2D eigenvalue weighted by atomic mass is 16.5. The second kappa shape index (κ2) is 6.37. The van der Waals surface area contributed by atoms with Crippen LogP contribution in [0.15, 0.2) is 29.6 Å². The van der Waals surface area contributed by atoms with Gasteiger partial charge >= 0.3 is 0 Å². The van der Waals surface area contributed by atoms with Gasteiger partial charge in [0.1, 0.15) is 11.7 Å². The molecule has 3 heterocycles. The molecule has 0 bridgehead atoms. The molecule has 122 valence electrons. The molecule has 0 aliphatic carbocycles. The molecule has 3 rings (SSSR count). The Morgan fingerprint density at radius 1 is 1.52 bits per heavy atom. The Labute approximate surface area is 133 Å². The molecule has 0 aromatic carbocycles. The number of aromatic amines is 1. The van der Waals surface area contributed by atoms with Crippen LogP contribution in [0, 0.1) is 6.92 Å². The normalized spacial score (nSPS) is 21.1. The molecule has 1 aliphatic rings. The van der Waals surface area contributed by atoms with Crippen LogP contribution in [-0.4, -0.2) is 33.1 Å². The molecule has 1 amide bonds. The second-order valence-electron chi connectivity index (χ2n) is 5.85. The minimum absolute atomic E-state index is 0.0323. The fourth-order valence-electron chi connectivity index (χ4n) is 2.93. The van der Waals surface area contributed by atoms with Crippen molar-refractivity contribution in [1.82, 2.24) is 19.9 Å². The monoisotopic (exact) mass is 316 g/mol. The number of hydrogen-bond donors (Lipinski definition) is 2. The van der Waals surface area contributed by atoms with Crippen molar-refractivity contribution in [2.45, 2.75) is 31.9 Å². The number of carbonyl (C=O) groups excluding carboxylic acids is 1. The minimum Gasteiger partial charge on any atom is -0.372 e. The number of aryl methyl sites for hydroxylation is 2. The number of ether oxygens (including phenoxy) is 1. The Balaban J connectivity index is 1.72. The highest BCUT2D eigenvalue weighted by Gasteiger charge is 2.27. The molecule has 0 spiro atoms. The molecule has 1 fully saturated rings. The zero-order valence-electron chi connectivity index (χ0n) is 13.2. The maximum Gasteiger partial charge on any atom is 0.261 e. The van der Waals surface area contributed by atoms with Gasteiger partial charge in [0.2, 0.25) is 0 Å². The predicted octanol–water partition coefficient (Wildman–Crippen LogP) is 1.07. The number of amides is 1. The van der Waals surface area contributed by atoms with Crippen LogP contribution in [0.3, 0.4) is 0 Å². The largest absolute Gasteiger partial charge is 0.372 e. The van der Waals surface area contributed by atoms with E-state index in [9.17, 15) is 9.59 Å². The maximum absolute atomic E-state index is 12.4. The third kappa shape index (κ3) is 3.19. The molecule has 0 saturated carbocycles. The van der Waals surface area contributed by atoms with Crippen LogP contribution in [0.2, 0.25) is 0 Å². The zero-order chi connectivity index (χ0) is 16.4. The van der Waals surface area contributed by atoms with E-state index in [1.807, 2.05) is 11.6 Å². The highest BCUT2D eigenvalue weighted by Crippen LogP contribution is 2.27. The van der Waals surface area contributed by atoms with Gasteiger partial charge in [0, 0.05) is 25.9 Å². The molecule has 23 heavy (non-hydrogen) atoms. The summed E-state index contributed by atoms with van der Waals surface area (Å²) in [5.74, 6) is -0.333. The fraction of sp³-hybridized carbons (Fsp3) is 0.438. The van der Waals surface area contributed by atoms with Crippen LogP contribution >= 0.6 is 0 Å². The first kappa shape index (κ1) is 15.5. The standard InChI is InChI=1S/C16H20N4O3/c1-10-3-5-18-15(21)14(10)16(22)19-11-4-6-23-13(7-11)12-8-17-9-20(12)2/h3,5,8-9,11,13H,4,6-7H2,1-2H3,(H,18,21)(H,19,22)/t11-,13+/m1/s1. The summed E-state index contributed by atoms with van der Waals surface area (Å²) in [6.45, 7) is 2.32. The van der Waals surface area contributed by atoms with Crippen molar-refractivity contribution in [3.05, 3.63) is 52.0 Å². The number of hydrogen-bond acceptors (Lipinski definition) is 4. The molecule has 2 atom stereocenters. The lowest BCUT2D eigenvalue weighted by Gasteiger charge is -2.30. The van der Waals surface area contributed by atoms with Gasteiger partial charge in [-0.1, -0.05) is 0 Å². The smallest absolute Gasteiger partial charge is 0.261 e. The van der Waals surface area contributed by atoms with Gasteiger partial charge in [0.15, 0.2) is 0 Å². The Kier molecular flexibility index (Phi) is 4.29. The summed E-state index contributed by atoms with van der Waals surface area (Å²) in [4.78, 5) is 30.9. The fourth-order valence-corrected chi connectivity index (χ4v) is 2.93. The summed E-state index contributed by atoms with van der Waals surface area (Å²) in [6, 6.07) is 1.69. The summed E-state index contributed by atoms with van der Waals surface area (Å²) >= 11 is 0. The van der Waals surface area contributed by atoms with Gasteiger partial charge in [-0.05, 0) is 31.4 Å². The zero-order valence-corrected chi connectivity index (χ0v) is 13.2. The van der Waals surface area contributed by atoms with Gasteiger partial charge in [-0.25, -0.2) is 4.98 Å². The highest BCUT2D eigenvalue weighted by molar-refractivity contribution is 5.95. The SMILES string of the molecule is Cc1cc[nH]c(=O)c1C(=O)N[C@@H]1CCO[C@H](c2cncn2C)C1. The van der Waals surface area contributed by atoms with Crippen molar-refractivity contribution >= 4 is 5.91 Å². The second-order valence-corrected chi connectivity index (χ2v) is 5.85. The molecule has 2 aromatic heterocycles. The first-order valence-corrected chi connectivity index (χ1v) is 7.63. The van der Waals surface area contributed by atoms with Crippen LogP contribution in [0.1, 0.15) is 40.6 Å². The number of nitrogens with zero attached hydrogens (tertiary/aromatic N) is 2. The predicted molar refractivity (Wildman–Crippen MR) is 84.2 cm³/mol. The van der Waals surface area contributed by atoms with Gasteiger partial charge in [0.25, 0.3) is 11.5 Å². The molecular weight excluding hydrogens is 296 g/mol. The van der Waals surface area contributed by atoms with Gasteiger partial charge < -0.3 is 19.6 Å². The average molecular weight is 316 g/mol. The van der Waals surface area contributed by atoms with Crippen LogP contribution in [0.5, 0.6) is 0 Å². The van der Waals surface area contributed by atoms with E-state index in [4.69, 9.17) is 4.74 Å². The molecule has 1 aliphatic heterocycles. The molecule has 7 nitrogen and oxygen atoms in total. The van der Waals surface area contributed by atoms with E-state index in [2.05, 4.69) is 15.3 Å². The van der Waals surface area contributed by atoms with Gasteiger partial charge in [-0.15, -0.1) is 0 Å². The van der Waals surface area contributed by atoms with Crippen molar-refractivity contribution in [2.75, 3.05) is 6.61 Å². The van der Waals surface area contributed by atoms with Crippen molar-refractivity contribution in [3.8, 4) is 0 Å². The van der Waals surface area contributed by atoms with Crippen molar-refractivity contribution in [3.63, 3.8) is 0 Å². The van der Waals surface area contributed by atoms with Crippen molar-refractivity contribution < 1.29 is 9.53 Å². The van der Waals surface area contributed by atoms with Crippen molar-refractivity contribution in [2.24, 2.45) is 7.05 Å². The Morgan fingerprint density at radius 3 is 3.04 bits per heavy atom. The van der Waals surface area contributed by atoms with E-state index >= 15 is 0 Å². The molecule has 0 unspecified atom stereocenters. The number of rotatable bonds is 3. The summed E-state index contributed by atoms with van der Waals surface area (Å²) in [5, 5.41) is 2.96. The number of imidazole rings is 1. The van der Waals surface area contributed by atoms with Gasteiger partial charge in [0.05, 0.1) is 18.2 Å². The molecule has 2 N–H and O–H groups in total. The van der Waals surface area contributed by atoms with Gasteiger partial charge in [-0.2, -0.15) is 0 Å². The Bertz CT molecular complexity index is 765. The summed E-state index contributed by atoms with van der Waals surface area (Å²) < 4.78 is 7.71. The van der Waals surface area contributed by atoms with E-state index < -0.39 is 0 Å². The number of H-pyrrole nitrogens is 1. The van der Waals surface area contributed by atoms with E-state index in [0.717, 1.165) is 12.1 Å². The molecule has 0 radical (unpaired) electrons. The number of nitrogens with one attached hydrogen (secondary N) is 2. The summed E-state index contributed by atoms with van der Waals surface area (Å²) in [7, 11) is 1.92. The average Bonchev–Trinajstić information content (AvgIpc) is 2.93. The van der Waals surface area contributed by atoms with E-state index in [0.29, 0.717) is 18.6 Å². The van der Waals surface area contributed by atoms with E-state index in [-0.39, 0.29) is 29.2 Å². The third-order valence-electron chi connectivity index (χ3n) is 4.20. The number of carbonyl (C=O) groups is 1. The molecule has 1 saturated heterocycles. The van der Waals surface area contributed by atoms with E-state index in [1.54, 1.807) is 31.7 Å². The van der Waals surface area contributed by atoms with Crippen LogP contribution in [0.25, 0.3) is 0 Å². The number of pyridine rings is 1. The minimum atomic E-state index is -0.363. The lowest BCUT2D eigenvalue weighted by molar-refractivity contribution is -0.00303. The number of aromatic nitrogens is 3.